The minimum absolute atomic E-state index is 0.234. The predicted octanol–water partition coefficient (Wildman–Crippen LogP) is 5.05. The second-order valence-electron chi connectivity index (χ2n) is 9.20. The van der Waals surface area contributed by atoms with Gasteiger partial charge in [-0.25, -0.2) is 9.79 Å². The third-order valence-corrected chi connectivity index (χ3v) is 7.88. The van der Waals surface area contributed by atoms with Gasteiger partial charge in [-0.2, -0.15) is 0 Å². The Kier molecular flexibility index (Phi) is 9.09. The van der Waals surface area contributed by atoms with Gasteiger partial charge in [0.2, 0.25) is 0 Å². The summed E-state index contributed by atoms with van der Waals surface area (Å²) in [5, 5.41) is 0.636. The van der Waals surface area contributed by atoms with E-state index < -0.39 is 12.0 Å². The number of methoxy groups -OCH3 is 1. The van der Waals surface area contributed by atoms with E-state index in [2.05, 4.69) is 4.99 Å². The Hall–Kier alpha value is -4.34. The van der Waals surface area contributed by atoms with Crippen molar-refractivity contribution in [2.45, 2.75) is 26.5 Å². The first-order chi connectivity index (χ1) is 20.4. The molecule has 2 heterocycles. The van der Waals surface area contributed by atoms with Crippen LogP contribution in [0.25, 0.3) is 6.08 Å². The Bertz CT molecular complexity index is 1830. The van der Waals surface area contributed by atoms with Gasteiger partial charge in [0.25, 0.3) is 5.56 Å². The molecule has 5 rings (SSSR count). The molecule has 1 aliphatic rings. The minimum Gasteiger partial charge on any atom is -0.490 e. The van der Waals surface area contributed by atoms with Gasteiger partial charge in [0.15, 0.2) is 16.3 Å². The molecule has 0 fully saturated rings. The van der Waals surface area contributed by atoms with Gasteiger partial charge in [0.1, 0.15) is 12.4 Å². The molecule has 0 radical (unpaired) electrons. The number of hydrogen-bond donors (Lipinski definition) is 0. The fraction of sp³-hybridized carbons (Fsp3) is 0.219. The molecule has 0 aliphatic carbocycles. The molecule has 0 unspecified atom stereocenters. The fourth-order valence-corrected chi connectivity index (χ4v) is 5.77. The summed E-state index contributed by atoms with van der Waals surface area (Å²) in [6.45, 7) is 4.97. The number of carbonyl (C=O) groups excluding carboxylic acids is 1. The first-order valence-electron chi connectivity index (χ1n) is 13.4. The van der Waals surface area contributed by atoms with E-state index in [9.17, 15) is 9.59 Å². The Labute approximate surface area is 251 Å². The normalized spacial score (nSPS) is 14.4. The summed E-state index contributed by atoms with van der Waals surface area (Å²) >= 11 is 7.50. The van der Waals surface area contributed by atoms with E-state index in [1.54, 1.807) is 18.2 Å². The highest BCUT2D eigenvalue weighted by atomic mass is 35.5. The molecule has 0 saturated carbocycles. The first-order valence-corrected chi connectivity index (χ1v) is 14.6. The number of halogens is 1. The van der Waals surface area contributed by atoms with Crippen molar-refractivity contribution >= 4 is 35.0 Å². The lowest BCUT2D eigenvalue weighted by molar-refractivity contribution is -0.136. The van der Waals surface area contributed by atoms with E-state index in [1.807, 2.05) is 68.4 Å². The smallest absolute Gasteiger partial charge is 0.337 e. The van der Waals surface area contributed by atoms with Gasteiger partial charge in [-0.1, -0.05) is 59.3 Å². The maximum absolute atomic E-state index is 13.9. The molecule has 3 aromatic carbocycles. The van der Waals surface area contributed by atoms with Crippen molar-refractivity contribution in [3.05, 3.63) is 120 Å². The summed E-state index contributed by atoms with van der Waals surface area (Å²) < 4.78 is 24.5. The maximum atomic E-state index is 13.9. The van der Waals surface area contributed by atoms with E-state index >= 15 is 0 Å². The lowest BCUT2D eigenvalue weighted by Crippen LogP contribution is -2.39. The Morgan fingerprint density at radius 2 is 1.79 bits per heavy atom. The van der Waals surface area contributed by atoms with Crippen molar-refractivity contribution in [2.24, 2.45) is 4.99 Å². The molecule has 1 aromatic heterocycles. The highest BCUT2D eigenvalue weighted by Gasteiger charge is 2.31. The minimum atomic E-state index is -0.768. The van der Waals surface area contributed by atoms with Crippen molar-refractivity contribution < 1.29 is 23.7 Å². The SMILES string of the molecule is CCOc1ccc([C@@H]2C(C(=O)OC)=CN=c3s/c(=C/c4cccc(OCc5ccccc5Cl)c4)c(=O)n32)cc1OCC. The highest BCUT2D eigenvalue weighted by molar-refractivity contribution is 7.07. The van der Waals surface area contributed by atoms with Crippen molar-refractivity contribution in [2.75, 3.05) is 20.3 Å². The third-order valence-electron chi connectivity index (χ3n) is 6.52. The lowest BCUT2D eigenvalue weighted by Gasteiger charge is -2.23. The van der Waals surface area contributed by atoms with Gasteiger partial charge in [0, 0.05) is 16.8 Å². The molecule has 0 N–H and O–H groups in total. The highest BCUT2D eigenvalue weighted by Crippen LogP contribution is 2.35. The monoisotopic (exact) mass is 604 g/mol. The number of thiazole rings is 1. The number of carbonyl (C=O) groups is 1. The van der Waals surface area contributed by atoms with Gasteiger partial charge in [-0.3, -0.25) is 9.36 Å². The van der Waals surface area contributed by atoms with Crippen LogP contribution in [-0.4, -0.2) is 30.9 Å². The van der Waals surface area contributed by atoms with Crippen LogP contribution in [0.2, 0.25) is 5.02 Å². The Morgan fingerprint density at radius 1 is 1.00 bits per heavy atom. The van der Waals surface area contributed by atoms with Crippen molar-refractivity contribution in [3.63, 3.8) is 0 Å². The quantitative estimate of drug-likeness (QED) is 0.236. The molecule has 8 nitrogen and oxygen atoms in total. The lowest BCUT2D eigenvalue weighted by atomic mass is 9.97. The average molecular weight is 605 g/mol. The Morgan fingerprint density at radius 3 is 2.55 bits per heavy atom. The molecule has 1 aliphatic heterocycles. The Balaban J connectivity index is 1.54. The standard InChI is InChI=1S/C32H29ClN2O6S/c1-4-39-26-14-13-21(17-27(26)40-5-2)29-24(31(37)38-3)18-34-32-35(29)30(36)28(42-32)16-20-9-8-11-23(15-20)41-19-22-10-6-7-12-25(22)33/h6-18,29H,4-5,19H2,1-3H3/b28-16+/t29-/m1/s1. The summed E-state index contributed by atoms with van der Waals surface area (Å²) in [5.74, 6) is 1.16. The van der Waals surface area contributed by atoms with E-state index in [1.165, 1.54) is 29.2 Å². The van der Waals surface area contributed by atoms with E-state index in [4.69, 9.17) is 30.5 Å². The average Bonchev–Trinajstić information content (AvgIpc) is 3.31. The van der Waals surface area contributed by atoms with Crippen molar-refractivity contribution in [1.82, 2.24) is 4.57 Å². The molecule has 216 valence electrons. The molecule has 0 amide bonds. The van der Waals surface area contributed by atoms with Gasteiger partial charge < -0.3 is 18.9 Å². The van der Waals surface area contributed by atoms with Crippen molar-refractivity contribution in [3.8, 4) is 17.2 Å². The number of hydrogen-bond acceptors (Lipinski definition) is 8. The van der Waals surface area contributed by atoms with Gasteiger partial charge in [0.05, 0.1) is 36.5 Å². The second kappa shape index (κ2) is 13.1. The summed E-state index contributed by atoms with van der Waals surface area (Å²) in [6.07, 6.45) is 3.25. The van der Waals surface area contributed by atoms with Crippen LogP contribution in [0.4, 0.5) is 0 Å². The molecular weight excluding hydrogens is 576 g/mol. The summed E-state index contributed by atoms with van der Waals surface area (Å²) in [7, 11) is 1.30. The summed E-state index contributed by atoms with van der Waals surface area (Å²) in [6, 6.07) is 19.6. The zero-order valence-corrected chi connectivity index (χ0v) is 24.9. The summed E-state index contributed by atoms with van der Waals surface area (Å²) in [4.78, 5) is 31.6. The van der Waals surface area contributed by atoms with Crippen molar-refractivity contribution in [1.29, 1.82) is 0 Å². The number of nitrogens with zero attached hydrogens (tertiary/aromatic N) is 2. The van der Waals surface area contributed by atoms with Crippen LogP contribution in [0, 0.1) is 0 Å². The molecular formula is C32H29ClN2O6S. The molecule has 0 bridgehead atoms. The van der Waals surface area contributed by atoms with Crippen LogP contribution in [0.5, 0.6) is 17.2 Å². The summed E-state index contributed by atoms with van der Waals surface area (Å²) in [5.41, 5.74) is 2.27. The maximum Gasteiger partial charge on any atom is 0.337 e. The van der Waals surface area contributed by atoms with Gasteiger partial charge >= 0.3 is 5.97 Å². The van der Waals surface area contributed by atoms with E-state index in [0.717, 1.165) is 11.1 Å². The molecule has 10 heteroatoms. The zero-order chi connectivity index (χ0) is 29.6. The number of aromatic nitrogens is 1. The number of esters is 1. The fourth-order valence-electron chi connectivity index (χ4n) is 4.61. The predicted molar refractivity (Wildman–Crippen MR) is 162 cm³/mol. The van der Waals surface area contributed by atoms with Gasteiger partial charge in [-0.15, -0.1) is 0 Å². The van der Waals surface area contributed by atoms with Crippen LogP contribution < -0.4 is 29.1 Å². The van der Waals surface area contributed by atoms with Crippen LogP contribution in [0.3, 0.4) is 0 Å². The zero-order valence-electron chi connectivity index (χ0n) is 23.3. The number of fused-ring (bicyclic) bond motifs is 1. The number of benzene rings is 3. The van der Waals surface area contributed by atoms with Crippen LogP contribution in [-0.2, 0) is 16.1 Å². The first kappa shape index (κ1) is 29.2. The van der Waals surface area contributed by atoms with E-state index in [-0.39, 0.29) is 11.1 Å². The molecule has 0 spiro atoms. The largest absolute Gasteiger partial charge is 0.490 e. The molecule has 0 saturated heterocycles. The molecule has 1 atom stereocenters. The second-order valence-corrected chi connectivity index (χ2v) is 10.6. The van der Waals surface area contributed by atoms with Gasteiger partial charge in [-0.05, 0) is 61.4 Å². The third kappa shape index (κ3) is 6.12. The van der Waals surface area contributed by atoms with Crippen LogP contribution in [0.1, 0.15) is 36.6 Å². The number of ether oxygens (including phenoxy) is 4. The van der Waals surface area contributed by atoms with Crippen LogP contribution >= 0.6 is 22.9 Å². The molecule has 4 aromatic rings. The number of rotatable bonds is 10. The topological polar surface area (TPSA) is 88.4 Å². The molecule has 42 heavy (non-hydrogen) atoms. The van der Waals surface area contributed by atoms with Crippen LogP contribution in [0.15, 0.2) is 88.3 Å². The van der Waals surface area contributed by atoms with E-state index in [0.29, 0.717) is 57.0 Å².